The first-order valence-electron chi connectivity index (χ1n) is 6.85. The maximum absolute atomic E-state index is 5.56. The number of rotatable bonds is 3. The molecule has 3 rings (SSSR count). The van der Waals surface area contributed by atoms with Crippen LogP contribution in [0.2, 0.25) is 0 Å². The molecule has 2 aliphatic rings. The number of anilines is 1. The molecule has 0 radical (unpaired) electrons. The summed E-state index contributed by atoms with van der Waals surface area (Å²) in [7, 11) is 0. The normalized spacial score (nSPS) is 21.8. The molecule has 92 valence electrons. The summed E-state index contributed by atoms with van der Waals surface area (Å²) in [6.07, 6.45) is 6.79. The molecule has 1 saturated heterocycles. The van der Waals surface area contributed by atoms with Crippen LogP contribution in [0.1, 0.15) is 31.2 Å². The molecule has 1 heterocycles. The van der Waals surface area contributed by atoms with Crippen LogP contribution in [0.5, 0.6) is 0 Å². The Morgan fingerprint density at radius 1 is 1.06 bits per heavy atom. The first-order valence-corrected chi connectivity index (χ1v) is 6.85. The van der Waals surface area contributed by atoms with Gasteiger partial charge in [-0.25, -0.2) is 0 Å². The number of hydrogen-bond acceptors (Lipinski definition) is 2. The lowest BCUT2D eigenvalue weighted by Crippen LogP contribution is -2.55. The molecule has 2 nitrogen and oxygen atoms in total. The molecule has 0 atom stereocenters. The summed E-state index contributed by atoms with van der Waals surface area (Å²) >= 11 is 0. The maximum atomic E-state index is 5.56. The van der Waals surface area contributed by atoms with E-state index in [2.05, 4.69) is 29.2 Å². The molecule has 1 saturated carbocycles. The van der Waals surface area contributed by atoms with Crippen LogP contribution in [0.25, 0.3) is 0 Å². The number of nitrogens with two attached hydrogens (primary N) is 1. The lowest BCUT2D eigenvalue weighted by atomic mass is 9.78. The highest BCUT2D eigenvalue weighted by Gasteiger charge is 2.44. The van der Waals surface area contributed by atoms with Crippen molar-refractivity contribution in [3.63, 3.8) is 0 Å². The van der Waals surface area contributed by atoms with Gasteiger partial charge in [0.1, 0.15) is 0 Å². The third-order valence-electron chi connectivity index (χ3n) is 4.45. The molecule has 1 aliphatic carbocycles. The number of nitrogens with zero attached hydrogens (tertiary/aromatic N) is 1. The molecule has 1 aliphatic heterocycles. The van der Waals surface area contributed by atoms with E-state index in [1.807, 2.05) is 0 Å². The molecule has 2 N–H and O–H groups in total. The second kappa shape index (κ2) is 4.34. The van der Waals surface area contributed by atoms with Crippen molar-refractivity contribution in [3.05, 3.63) is 29.8 Å². The highest BCUT2D eigenvalue weighted by atomic mass is 15.2. The Kier molecular flexibility index (Phi) is 2.83. The van der Waals surface area contributed by atoms with E-state index in [0.29, 0.717) is 5.41 Å². The lowest BCUT2D eigenvalue weighted by Gasteiger charge is -2.49. The Morgan fingerprint density at radius 3 is 2.29 bits per heavy atom. The standard InChI is InChI=1S/C15H22N2/c16-10-7-13-3-5-14(6-4-13)17-11-15(12-17)8-1-2-9-15/h3-6H,1-2,7-12,16H2. The largest absolute Gasteiger partial charge is 0.370 e. The first kappa shape index (κ1) is 11.1. The van der Waals surface area contributed by atoms with Crippen molar-refractivity contribution in [2.45, 2.75) is 32.1 Å². The fourth-order valence-corrected chi connectivity index (χ4v) is 3.43. The van der Waals surface area contributed by atoms with Gasteiger partial charge in [-0.05, 0) is 43.5 Å². The number of benzene rings is 1. The molecular formula is C15H22N2. The van der Waals surface area contributed by atoms with Crippen LogP contribution >= 0.6 is 0 Å². The van der Waals surface area contributed by atoms with Gasteiger partial charge >= 0.3 is 0 Å². The Bertz CT molecular complexity index is 368. The average Bonchev–Trinajstić information content (AvgIpc) is 2.78. The zero-order valence-corrected chi connectivity index (χ0v) is 10.5. The van der Waals surface area contributed by atoms with E-state index in [4.69, 9.17) is 5.73 Å². The van der Waals surface area contributed by atoms with Gasteiger partial charge in [-0.3, -0.25) is 0 Å². The predicted molar refractivity (Wildman–Crippen MR) is 72.3 cm³/mol. The molecule has 2 fully saturated rings. The van der Waals surface area contributed by atoms with Crippen molar-refractivity contribution in [3.8, 4) is 0 Å². The van der Waals surface area contributed by atoms with Crippen molar-refractivity contribution in [2.75, 3.05) is 24.5 Å². The summed E-state index contributed by atoms with van der Waals surface area (Å²) in [5, 5.41) is 0. The minimum Gasteiger partial charge on any atom is -0.370 e. The molecule has 2 heteroatoms. The van der Waals surface area contributed by atoms with Crippen molar-refractivity contribution < 1.29 is 0 Å². The van der Waals surface area contributed by atoms with Gasteiger partial charge in [0, 0.05) is 24.2 Å². The van der Waals surface area contributed by atoms with Crippen molar-refractivity contribution >= 4 is 5.69 Å². The molecular weight excluding hydrogens is 208 g/mol. The van der Waals surface area contributed by atoms with Crippen molar-refractivity contribution in [2.24, 2.45) is 11.1 Å². The van der Waals surface area contributed by atoms with Gasteiger partial charge in [0.25, 0.3) is 0 Å². The van der Waals surface area contributed by atoms with E-state index in [9.17, 15) is 0 Å². The molecule has 0 aromatic heterocycles. The zero-order valence-electron chi connectivity index (χ0n) is 10.5. The Morgan fingerprint density at radius 2 is 1.71 bits per heavy atom. The van der Waals surface area contributed by atoms with Crippen LogP contribution in [0.3, 0.4) is 0 Å². The van der Waals surface area contributed by atoms with E-state index in [1.165, 1.54) is 50.0 Å². The average molecular weight is 230 g/mol. The van der Waals surface area contributed by atoms with Crippen LogP contribution in [-0.2, 0) is 6.42 Å². The summed E-state index contributed by atoms with van der Waals surface area (Å²) in [6.45, 7) is 3.30. The van der Waals surface area contributed by atoms with Gasteiger partial charge in [0.2, 0.25) is 0 Å². The third kappa shape index (κ3) is 2.06. The minimum absolute atomic E-state index is 0.690. The van der Waals surface area contributed by atoms with Crippen LogP contribution in [0.15, 0.2) is 24.3 Å². The first-order chi connectivity index (χ1) is 8.31. The second-order valence-corrected chi connectivity index (χ2v) is 5.77. The van der Waals surface area contributed by atoms with Gasteiger partial charge in [0.15, 0.2) is 0 Å². The van der Waals surface area contributed by atoms with Crippen LogP contribution in [0.4, 0.5) is 5.69 Å². The van der Waals surface area contributed by atoms with E-state index >= 15 is 0 Å². The smallest absolute Gasteiger partial charge is 0.0366 e. The molecule has 1 spiro atoms. The van der Waals surface area contributed by atoms with Gasteiger partial charge in [-0.1, -0.05) is 25.0 Å². The van der Waals surface area contributed by atoms with Gasteiger partial charge in [0.05, 0.1) is 0 Å². The van der Waals surface area contributed by atoms with E-state index < -0.39 is 0 Å². The van der Waals surface area contributed by atoms with E-state index in [1.54, 1.807) is 0 Å². The maximum Gasteiger partial charge on any atom is 0.0366 e. The molecule has 0 unspecified atom stereocenters. The fourth-order valence-electron chi connectivity index (χ4n) is 3.43. The zero-order chi connectivity index (χ0) is 11.7. The van der Waals surface area contributed by atoms with Gasteiger partial charge < -0.3 is 10.6 Å². The molecule has 1 aromatic rings. The van der Waals surface area contributed by atoms with Crippen LogP contribution in [0, 0.1) is 5.41 Å². The molecule has 17 heavy (non-hydrogen) atoms. The minimum atomic E-state index is 0.690. The predicted octanol–water partition coefficient (Wildman–Crippen LogP) is 2.57. The Hall–Kier alpha value is -1.02. The third-order valence-corrected chi connectivity index (χ3v) is 4.45. The Labute approximate surface area is 104 Å². The molecule has 0 bridgehead atoms. The Balaban J connectivity index is 1.62. The van der Waals surface area contributed by atoms with Crippen molar-refractivity contribution in [1.82, 2.24) is 0 Å². The summed E-state index contributed by atoms with van der Waals surface area (Å²) < 4.78 is 0. The summed E-state index contributed by atoms with van der Waals surface area (Å²) in [6, 6.07) is 8.96. The SMILES string of the molecule is NCCc1ccc(N2CC3(CCCC3)C2)cc1. The second-order valence-electron chi connectivity index (χ2n) is 5.77. The lowest BCUT2D eigenvalue weighted by molar-refractivity contribution is 0.222. The van der Waals surface area contributed by atoms with Gasteiger partial charge in [-0.2, -0.15) is 0 Å². The van der Waals surface area contributed by atoms with Crippen LogP contribution < -0.4 is 10.6 Å². The monoisotopic (exact) mass is 230 g/mol. The van der Waals surface area contributed by atoms with Crippen LogP contribution in [-0.4, -0.2) is 19.6 Å². The van der Waals surface area contributed by atoms with Gasteiger partial charge in [-0.15, -0.1) is 0 Å². The van der Waals surface area contributed by atoms with E-state index in [-0.39, 0.29) is 0 Å². The topological polar surface area (TPSA) is 29.3 Å². The summed E-state index contributed by atoms with van der Waals surface area (Å²) in [5.41, 5.74) is 9.00. The molecule has 1 aromatic carbocycles. The molecule has 0 amide bonds. The highest BCUT2D eigenvalue weighted by Crippen LogP contribution is 2.46. The summed E-state index contributed by atoms with van der Waals surface area (Å²) in [5.74, 6) is 0. The number of hydrogen-bond donors (Lipinski definition) is 1. The highest BCUT2D eigenvalue weighted by molar-refractivity contribution is 5.51. The fraction of sp³-hybridized carbons (Fsp3) is 0.600. The summed E-state index contributed by atoms with van der Waals surface area (Å²) in [4.78, 5) is 2.53. The van der Waals surface area contributed by atoms with Crippen molar-refractivity contribution in [1.29, 1.82) is 0 Å². The quantitative estimate of drug-likeness (QED) is 0.864. The van der Waals surface area contributed by atoms with E-state index in [0.717, 1.165) is 13.0 Å².